The molecular weight excluding hydrogens is 329 g/mol. The molecule has 23 heavy (non-hydrogen) atoms. The Morgan fingerprint density at radius 3 is 2.48 bits per heavy atom. The number of likely N-dealkylation sites (N-methyl/N-ethyl adjacent to an activating group) is 1. The Kier molecular flexibility index (Phi) is 5.36. The van der Waals surface area contributed by atoms with Crippen molar-refractivity contribution >= 4 is 20.7 Å². The lowest BCUT2D eigenvalue weighted by atomic mass is 10.2. The van der Waals surface area contributed by atoms with Gasteiger partial charge in [0.05, 0.1) is 11.3 Å². The molecule has 0 aliphatic carbocycles. The molecule has 1 aromatic heterocycles. The van der Waals surface area contributed by atoms with Gasteiger partial charge in [-0.05, 0) is 12.6 Å². The van der Waals surface area contributed by atoms with Gasteiger partial charge in [0.25, 0.3) is 0 Å². The average Bonchev–Trinajstić information content (AvgIpc) is 2.87. The minimum absolute atomic E-state index is 0.0306. The highest BCUT2D eigenvalue weighted by Gasteiger charge is 2.16. The van der Waals surface area contributed by atoms with Crippen molar-refractivity contribution in [2.75, 3.05) is 31.6 Å². The van der Waals surface area contributed by atoms with Crippen LogP contribution in [-0.4, -0.2) is 49.5 Å². The monoisotopic (exact) mass is 348 g/mol. The first-order valence-electron chi connectivity index (χ1n) is 7.25. The molecule has 0 aliphatic heterocycles. The lowest BCUT2D eigenvalue weighted by Gasteiger charge is -2.20. The van der Waals surface area contributed by atoms with Gasteiger partial charge in [-0.2, -0.15) is 0 Å². The molecule has 0 bridgehead atoms. The molecule has 0 fully saturated rings. The standard InChI is InChI=1S/C15H19F3N2O2S/c1-3-19(8-9-23(2,21)22)6-7-20-5-4-11-13(20)10-12(16)15(18)14(11)17/h4-5,10H,3,6-9H2,1-2H3. The average molecular weight is 348 g/mol. The SMILES string of the molecule is CCN(CCn1ccc2c(F)c(F)c(F)cc21)CCS(C)(=O)=O. The summed E-state index contributed by atoms with van der Waals surface area (Å²) in [6, 6.07) is 2.38. The summed E-state index contributed by atoms with van der Waals surface area (Å²) in [6.07, 6.45) is 2.75. The fraction of sp³-hybridized carbons (Fsp3) is 0.467. The van der Waals surface area contributed by atoms with Crippen LogP contribution in [0.4, 0.5) is 13.2 Å². The summed E-state index contributed by atoms with van der Waals surface area (Å²) >= 11 is 0. The molecule has 1 aromatic carbocycles. The lowest BCUT2D eigenvalue weighted by molar-refractivity contribution is 0.293. The zero-order valence-electron chi connectivity index (χ0n) is 13.0. The lowest BCUT2D eigenvalue weighted by Crippen LogP contribution is -2.31. The van der Waals surface area contributed by atoms with Crippen molar-refractivity contribution in [3.63, 3.8) is 0 Å². The van der Waals surface area contributed by atoms with Gasteiger partial charge >= 0.3 is 0 Å². The summed E-state index contributed by atoms with van der Waals surface area (Å²) in [7, 11) is -3.04. The van der Waals surface area contributed by atoms with E-state index in [2.05, 4.69) is 0 Å². The number of hydrogen-bond donors (Lipinski definition) is 0. The Labute approximate surface area is 133 Å². The fourth-order valence-corrected chi connectivity index (χ4v) is 2.99. The Bertz CT molecular complexity index is 803. The first-order chi connectivity index (χ1) is 10.7. The number of fused-ring (bicyclic) bond motifs is 1. The Hall–Kier alpha value is -1.54. The van der Waals surface area contributed by atoms with Crippen molar-refractivity contribution in [1.82, 2.24) is 9.47 Å². The van der Waals surface area contributed by atoms with Crippen molar-refractivity contribution in [3.05, 3.63) is 35.8 Å². The van der Waals surface area contributed by atoms with E-state index in [0.717, 1.165) is 6.07 Å². The highest BCUT2D eigenvalue weighted by atomic mass is 32.2. The molecule has 0 radical (unpaired) electrons. The van der Waals surface area contributed by atoms with E-state index in [-0.39, 0.29) is 16.7 Å². The molecule has 0 atom stereocenters. The Morgan fingerprint density at radius 1 is 1.17 bits per heavy atom. The third-order valence-corrected chi connectivity index (χ3v) is 4.72. The van der Waals surface area contributed by atoms with Crippen LogP contribution in [0.15, 0.2) is 18.3 Å². The van der Waals surface area contributed by atoms with Crippen LogP contribution in [0, 0.1) is 17.5 Å². The van der Waals surface area contributed by atoms with Crippen molar-refractivity contribution in [2.45, 2.75) is 13.5 Å². The molecule has 128 valence electrons. The molecule has 0 amide bonds. The van der Waals surface area contributed by atoms with Gasteiger partial charge in [0, 0.05) is 43.5 Å². The van der Waals surface area contributed by atoms with Crippen LogP contribution in [0.1, 0.15) is 6.92 Å². The van der Waals surface area contributed by atoms with Crippen molar-refractivity contribution in [2.24, 2.45) is 0 Å². The van der Waals surface area contributed by atoms with E-state index in [0.29, 0.717) is 26.2 Å². The quantitative estimate of drug-likeness (QED) is 0.722. The van der Waals surface area contributed by atoms with Crippen LogP contribution in [-0.2, 0) is 16.4 Å². The molecule has 0 unspecified atom stereocenters. The van der Waals surface area contributed by atoms with Crippen molar-refractivity contribution in [3.8, 4) is 0 Å². The molecule has 1 heterocycles. The maximum atomic E-state index is 13.7. The second-order valence-corrected chi connectivity index (χ2v) is 7.75. The summed E-state index contributed by atoms with van der Waals surface area (Å²) in [4.78, 5) is 1.93. The molecule has 0 saturated heterocycles. The zero-order chi connectivity index (χ0) is 17.2. The van der Waals surface area contributed by atoms with Crippen molar-refractivity contribution < 1.29 is 21.6 Å². The second-order valence-electron chi connectivity index (χ2n) is 5.49. The normalized spacial score (nSPS) is 12.4. The van der Waals surface area contributed by atoms with E-state index in [1.165, 1.54) is 12.3 Å². The zero-order valence-corrected chi connectivity index (χ0v) is 13.8. The highest BCUT2D eigenvalue weighted by molar-refractivity contribution is 7.90. The summed E-state index contributed by atoms with van der Waals surface area (Å²) in [6.45, 7) is 3.91. The number of halogens is 3. The van der Waals surface area contributed by atoms with Crippen LogP contribution < -0.4 is 0 Å². The molecule has 0 N–H and O–H groups in total. The van der Waals surface area contributed by atoms with E-state index in [1.807, 2.05) is 11.8 Å². The van der Waals surface area contributed by atoms with Crippen LogP contribution in [0.2, 0.25) is 0 Å². The third-order valence-electron chi connectivity index (χ3n) is 3.79. The molecule has 8 heteroatoms. The number of nitrogens with zero attached hydrogens (tertiary/aromatic N) is 2. The van der Waals surface area contributed by atoms with Gasteiger partial charge in [0.15, 0.2) is 17.5 Å². The molecule has 2 rings (SSSR count). The smallest absolute Gasteiger partial charge is 0.195 e. The highest BCUT2D eigenvalue weighted by Crippen LogP contribution is 2.24. The summed E-state index contributed by atoms with van der Waals surface area (Å²) in [5, 5.41) is 0.0306. The van der Waals surface area contributed by atoms with Gasteiger partial charge in [-0.15, -0.1) is 0 Å². The number of benzene rings is 1. The molecule has 4 nitrogen and oxygen atoms in total. The maximum Gasteiger partial charge on any atom is 0.195 e. The number of aromatic nitrogens is 1. The molecule has 2 aromatic rings. The topological polar surface area (TPSA) is 42.3 Å². The van der Waals surface area contributed by atoms with Crippen LogP contribution in [0.3, 0.4) is 0 Å². The summed E-state index contributed by atoms with van der Waals surface area (Å²) < 4.78 is 64.3. The van der Waals surface area contributed by atoms with Crippen LogP contribution >= 0.6 is 0 Å². The van der Waals surface area contributed by atoms with E-state index in [1.54, 1.807) is 10.8 Å². The fourth-order valence-electron chi connectivity index (χ4n) is 2.40. The number of hydrogen-bond acceptors (Lipinski definition) is 3. The largest absolute Gasteiger partial charge is 0.346 e. The minimum atomic E-state index is -3.04. The van der Waals surface area contributed by atoms with E-state index < -0.39 is 27.3 Å². The van der Waals surface area contributed by atoms with E-state index >= 15 is 0 Å². The van der Waals surface area contributed by atoms with Gasteiger partial charge in [-0.25, -0.2) is 21.6 Å². The molecular formula is C15H19F3N2O2S. The van der Waals surface area contributed by atoms with E-state index in [4.69, 9.17) is 0 Å². The third kappa shape index (κ3) is 4.26. The predicted molar refractivity (Wildman–Crippen MR) is 83.6 cm³/mol. The minimum Gasteiger partial charge on any atom is -0.346 e. The number of sulfone groups is 1. The molecule has 0 saturated carbocycles. The van der Waals surface area contributed by atoms with Crippen LogP contribution in [0.25, 0.3) is 10.9 Å². The van der Waals surface area contributed by atoms with Gasteiger partial charge < -0.3 is 9.47 Å². The van der Waals surface area contributed by atoms with Gasteiger partial charge in [0.2, 0.25) is 0 Å². The Morgan fingerprint density at radius 2 is 1.87 bits per heavy atom. The van der Waals surface area contributed by atoms with Gasteiger partial charge in [-0.1, -0.05) is 6.92 Å². The molecule has 0 spiro atoms. The molecule has 0 aliphatic rings. The van der Waals surface area contributed by atoms with Gasteiger partial charge in [-0.3, -0.25) is 0 Å². The predicted octanol–water partition coefficient (Wildman–Crippen LogP) is 2.43. The van der Waals surface area contributed by atoms with Crippen molar-refractivity contribution in [1.29, 1.82) is 0 Å². The van der Waals surface area contributed by atoms with Gasteiger partial charge in [0.1, 0.15) is 9.84 Å². The Balaban J connectivity index is 2.13. The second kappa shape index (κ2) is 6.92. The first kappa shape index (κ1) is 17.8. The van der Waals surface area contributed by atoms with Crippen LogP contribution in [0.5, 0.6) is 0 Å². The first-order valence-corrected chi connectivity index (χ1v) is 9.31. The summed E-state index contributed by atoms with van der Waals surface area (Å²) in [5.74, 6) is -3.83. The maximum absolute atomic E-state index is 13.7. The summed E-state index contributed by atoms with van der Waals surface area (Å²) in [5.41, 5.74) is 0.278. The van der Waals surface area contributed by atoms with E-state index in [9.17, 15) is 21.6 Å². The number of rotatable bonds is 7.